The number of aryl methyl sites for hydroxylation is 1. The summed E-state index contributed by atoms with van der Waals surface area (Å²) in [5.74, 6) is -1.20. The highest BCUT2D eigenvalue weighted by Gasteiger charge is 2.48. The summed E-state index contributed by atoms with van der Waals surface area (Å²) in [6.07, 6.45) is 3.46. The van der Waals surface area contributed by atoms with Crippen LogP contribution in [0.2, 0.25) is 0 Å². The molecule has 2 aliphatic rings. The summed E-state index contributed by atoms with van der Waals surface area (Å²) in [4.78, 5) is 42.7. The van der Waals surface area contributed by atoms with Gasteiger partial charge in [-0.15, -0.1) is 0 Å². The predicted octanol–water partition coefficient (Wildman–Crippen LogP) is 2.72. The van der Waals surface area contributed by atoms with Crippen LogP contribution in [0.4, 0.5) is 5.13 Å². The number of imide groups is 1. The van der Waals surface area contributed by atoms with E-state index < -0.39 is 0 Å². The van der Waals surface area contributed by atoms with Crippen LogP contribution in [0.1, 0.15) is 31.2 Å². The van der Waals surface area contributed by atoms with Gasteiger partial charge in [0.05, 0.1) is 22.1 Å². The number of hydrogen-bond acceptors (Lipinski definition) is 5. The van der Waals surface area contributed by atoms with Gasteiger partial charge in [-0.05, 0) is 37.5 Å². The number of carbonyl (C=O) groups is 3. The second-order valence-electron chi connectivity index (χ2n) is 6.80. The first-order chi connectivity index (χ1) is 12.0. The third-order valence-electron chi connectivity index (χ3n) is 5.02. The Bertz CT molecular complexity index is 852. The van der Waals surface area contributed by atoms with Gasteiger partial charge < -0.3 is 5.32 Å². The minimum absolute atomic E-state index is 0.190. The van der Waals surface area contributed by atoms with Crippen molar-refractivity contribution in [3.8, 4) is 0 Å². The molecule has 2 fully saturated rings. The molecule has 7 heteroatoms. The van der Waals surface area contributed by atoms with E-state index in [1.165, 1.54) is 11.3 Å². The zero-order valence-electron chi connectivity index (χ0n) is 13.9. The standard InChI is InChI=1S/C18H19N3O3S/c1-10-6-7-13-14(8-10)25-18(19-13)20-15(22)9-21-16(23)11-4-2-3-5-12(11)17(21)24/h6-8,11-12H,2-5,9H2,1H3,(H,19,20,22). The SMILES string of the molecule is Cc1ccc2nc(NC(=O)CN3C(=O)C4CCCCC4C3=O)sc2c1. The summed E-state index contributed by atoms with van der Waals surface area (Å²) >= 11 is 1.39. The minimum atomic E-state index is -0.379. The summed E-state index contributed by atoms with van der Waals surface area (Å²) in [5.41, 5.74) is 1.95. The Morgan fingerprint density at radius 1 is 1.24 bits per heavy atom. The zero-order chi connectivity index (χ0) is 17.6. The number of benzene rings is 1. The summed E-state index contributed by atoms with van der Waals surface area (Å²) in [6.45, 7) is 1.78. The Morgan fingerprint density at radius 2 is 1.92 bits per heavy atom. The lowest BCUT2D eigenvalue weighted by Gasteiger charge is -2.19. The number of thiazole rings is 1. The predicted molar refractivity (Wildman–Crippen MR) is 95.2 cm³/mol. The largest absolute Gasteiger partial charge is 0.300 e. The van der Waals surface area contributed by atoms with Gasteiger partial charge in [0.15, 0.2) is 5.13 Å². The fourth-order valence-corrected chi connectivity index (χ4v) is 4.75. The Kier molecular flexibility index (Phi) is 4.03. The molecule has 1 N–H and O–H groups in total. The molecule has 2 unspecified atom stereocenters. The lowest BCUT2D eigenvalue weighted by atomic mass is 9.81. The fraction of sp³-hybridized carbons (Fsp3) is 0.444. The van der Waals surface area contributed by atoms with Crippen LogP contribution >= 0.6 is 11.3 Å². The van der Waals surface area contributed by atoms with Crippen LogP contribution < -0.4 is 5.32 Å². The van der Waals surface area contributed by atoms with Gasteiger partial charge in [0.25, 0.3) is 0 Å². The molecule has 130 valence electrons. The average molecular weight is 357 g/mol. The molecule has 0 bridgehead atoms. The normalized spacial score (nSPS) is 23.2. The number of anilines is 1. The van der Waals surface area contributed by atoms with Gasteiger partial charge >= 0.3 is 0 Å². The molecule has 6 nitrogen and oxygen atoms in total. The molecule has 0 radical (unpaired) electrons. The van der Waals surface area contributed by atoms with Crippen LogP contribution in [0.25, 0.3) is 10.2 Å². The number of rotatable bonds is 3. The van der Waals surface area contributed by atoms with E-state index in [0.717, 1.165) is 46.4 Å². The van der Waals surface area contributed by atoms with Crippen molar-refractivity contribution in [1.82, 2.24) is 9.88 Å². The van der Waals surface area contributed by atoms with Gasteiger partial charge in [-0.2, -0.15) is 0 Å². The van der Waals surface area contributed by atoms with Gasteiger partial charge in [0.2, 0.25) is 17.7 Å². The molecule has 1 aliphatic heterocycles. The van der Waals surface area contributed by atoms with E-state index in [4.69, 9.17) is 0 Å². The highest BCUT2D eigenvalue weighted by atomic mass is 32.1. The van der Waals surface area contributed by atoms with Crippen molar-refractivity contribution in [3.05, 3.63) is 23.8 Å². The van der Waals surface area contributed by atoms with E-state index in [-0.39, 0.29) is 36.1 Å². The number of amides is 3. The minimum Gasteiger partial charge on any atom is -0.300 e. The van der Waals surface area contributed by atoms with E-state index in [1.54, 1.807) is 0 Å². The monoisotopic (exact) mass is 357 g/mol. The van der Waals surface area contributed by atoms with Crippen LogP contribution in [-0.2, 0) is 14.4 Å². The zero-order valence-corrected chi connectivity index (χ0v) is 14.8. The van der Waals surface area contributed by atoms with E-state index in [0.29, 0.717) is 5.13 Å². The maximum absolute atomic E-state index is 12.4. The second kappa shape index (κ2) is 6.22. The van der Waals surface area contributed by atoms with Crippen molar-refractivity contribution < 1.29 is 14.4 Å². The summed E-state index contributed by atoms with van der Waals surface area (Å²) in [6, 6.07) is 5.90. The van der Waals surface area contributed by atoms with Crippen LogP contribution in [0.3, 0.4) is 0 Å². The van der Waals surface area contributed by atoms with E-state index >= 15 is 0 Å². The highest BCUT2D eigenvalue weighted by Crippen LogP contribution is 2.38. The topological polar surface area (TPSA) is 79.4 Å². The Hall–Kier alpha value is -2.28. The quantitative estimate of drug-likeness (QED) is 0.857. The number of carbonyl (C=O) groups excluding carboxylic acids is 3. The summed E-state index contributed by atoms with van der Waals surface area (Å²) in [7, 11) is 0. The lowest BCUT2D eigenvalue weighted by molar-refractivity contribution is -0.142. The van der Waals surface area contributed by atoms with E-state index in [9.17, 15) is 14.4 Å². The fourth-order valence-electron chi connectivity index (χ4n) is 3.77. The van der Waals surface area contributed by atoms with Crippen molar-refractivity contribution in [2.45, 2.75) is 32.6 Å². The van der Waals surface area contributed by atoms with Gasteiger partial charge in [0, 0.05) is 0 Å². The average Bonchev–Trinajstić information content (AvgIpc) is 3.09. The number of nitrogens with zero attached hydrogens (tertiary/aromatic N) is 2. The molecule has 4 rings (SSSR count). The second-order valence-corrected chi connectivity index (χ2v) is 7.83. The van der Waals surface area contributed by atoms with Gasteiger partial charge in [-0.3, -0.25) is 19.3 Å². The molecule has 2 heterocycles. The molecular formula is C18H19N3O3S. The molecule has 2 aromatic rings. The van der Waals surface area contributed by atoms with Gasteiger partial charge in [0.1, 0.15) is 6.54 Å². The third-order valence-corrected chi connectivity index (χ3v) is 5.96. The third kappa shape index (κ3) is 2.93. The van der Waals surface area contributed by atoms with Crippen molar-refractivity contribution in [2.24, 2.45) is 11.8 Å². The molecule has 1 aliphatic carbocycles. The molecular weight excluding hydrogens is 338 g/mol. The molecule has 2 atom stereocenters. The first-order valence-corrected chi connectivity index (χ1v) is 9.37. The lowest BCUT2D eigenvalue weighted by Crippen LogP contribution is -2.38. The van der Waals surface area contributed by atoms with Crippen LogP contribution in [0.5, 0.6) is 0 Å². The van der Waals surface area contributed by atoms with Crippen molar-refractivity contribution in [3.63, 3.8) is 0 Å². The molecule has 1 aromatic heterocycles. The molecule has 1 saturated heterocycles. The van der Waals surface area contributed by atoms with Gasteiger partial charge in [-0.25, -0.2) is 4.98 Å². The van der Waals surface area contributed by atoms with E-state index in [1.807, 2.05) is 25.1 Å². The van der Waals surface area contributed by atoms with Crippen LogP contribution in [-0.4, -0.2) is 34.2 Å². The molecule has 1 aromatic carbocycles. The van der Waals surface area contributed by atoms with E-state index in [2.05, 4.69) is 10.3 Å². The van der Waals surface area contributed by atoms with Crippen molar-refractivity contribution >= 4 is 44.4 Å². The number of nitrogens with one attached hydrogen (secondary N) is 1. The van der Waals surface area contributed by atoms with Gasteiger partial charge in [-0.1, -0.05) is 30.2 Å². The number of hydrogen-bond donors (Lipinski definition) is 1. The first-order valence-electron chi connectivity index (χ1n) is 8.55. The highest BCUT2D eigenvalue weighted by molar-refractivity contribution is 7.22. The summed E-state index contributed by atoms with van der Waals surface area (Å²) in [5, 5.41) is 3.21. The number of aromatic nitrogens is 1. The molecule has 0 spiro atoms. The Labute approximate surface area is 149 Å². The summed E-state index contributed by atoms with van der Waals surface area (Å²) < 4.78 is 0.995. The Balaban J connectivity index is 1.46. The maximum Gasteiger partial charge on any atom is 0.246 e. The molecule has 3 amide bonds. The van der Waals surface area contributed by atoms with Crippen molar-refractivity contribution in [2.75, 3.05) is 11.9 Å². The first kappa shape index (κ1) is 16.2. The molecule has 1 saturated carbocycles. The van der Waals surface area contributed by atoms with Crippen LogP contribution in [0.15, 0.2) is 18.2 Å². The smallest absolute Gasteiger partial charge is 0.246 e. The number of likely N-dealkylation sites (tertiary alicyclic amines) is 1. The molecule has 25 heavy (non-hydrogen) atoms. The van der Waals surface area contributed by atoms with Crippen LogP contribution in [0, 0.1) is 18.8 Å². The maximum atomic E-state index is 12.4. The van der Waals surface area contributed by atoms with Crippen molar-refractivity contribution in [1.29, 1.82) is 0 Å². The Morgan fingerprint density at radius 3 is 2.60 bits per heavy atom. The number of fused-ring (bicyclic) bond motifs is 2.